The minimum Gasteiger partial charge on any atom is -0.497 e. The summed E-state index contributed by atoms with van der Waals surface area (Å²) in [6.07, 6.45) is -0.415. The summed E-state index contributed by atoms with van der Waals surface area (Å²) in [6.45, 7) is 7.35. The van der Waals surface area contributed by atoms with Gasteiger partial charge in [-0.3, -0.25) is 0 Å². The highest BCUT2D eigenvalue weighted by Gasteiger charge is 2.44. The highest BCUT2D eigenvalue weighted by molar-refractivity contribution is 7.89. The van der Waals surface area contributed by atoms with E-state index < -0.39 is 41.4 Å². The van der Waals surface area contributed by atoms with Crippen molar-refractivity contribution in [2.45, 2.75) is 62.9 Å². The van der Waals surface area contributed by atoms with E-state index >= 15 is 0 Å². The number of amides is 1. The van der Waals surface area contributed by atoms with Crippen molar-refractivity contribution in [1.29, 1.82) is 0 Å². The van der Waals surface area contributed by atoms with Crippen LogP contribution in [0.2, 0.25) is 6.82 Å². The van der Waals surface area contributed by atoms with Crippen LogP contribution in [0.5, 0.6) is 11.5 Å². The van der Waals surface area contributed by atoms with Crippen LogP contribution >= 0.6 is 0 Å². The van der Waals surface area contributed by atoms with Crippen LogP contribution < -0.4 is 25.8 Å². The van der Waals surface area contributed by atoms with E-state index in [2.05, 4.69) is 10.5 Å². The SMILES string of the molecule is COc1ccc(S(=O)(=O)N(CC(C)C)C[C@@H](N)[C@H](Cc2ccc(OCCNB(C)O)cc2)NC(=O)O[C@H]2CO[C@H]3OCC[C@H]32)cc1. The first-order valence-electron chi connectivity index (χ1n) is 15.7. The first-order valence-corrected chi connectivity index (χ1v) is 17.1. The zero-order chi connectivity index (χ0) is 33.3. The van der Waals surface area contributed by atoms with E-state index in [9.17, 15) is 18.2 Å². The second-order valence-electron chi connectivity index (χ2n) is 12.1. The molecule has 5 N–H and O–H groups in total. The van der Waals surface area contributed by atoms with Crippen molar-refractivity contribution >= 4 is 23.2 Å². The molecule has 2 heterocycles. The van der Waals surface area contributed by atoms with Crippen molar-refractivity contribution in [1.82, 2.24) is 14.8 Å². The van der Waals surface area contributed by atoms with Crippen molar-refractivity contribution < 1.29 is 41.9 Å². The summed E-state index contributed by atoms with van der Waals surface area (Å²) in [6, 6.07) is 12.1. The second-order valence-corrected chi connectivity index (χ2v) is 14.0. The van der Waals surface area contributed by atoms with Crippen LogP contribution in [0.1, 0.15) is 25.8 Å². The lowest BCUT2D eigenvalue weighted by atomic mass is 9.89. The van der Waals surface area contributed by atoms with Gasteiger partial charge in [-0.05, 0) is 67.5 Å². The molecule has 0 bridgehead atoms. The van der Waals surface area contributed by atoms with Gasteiger partial charge in [0.1, 0.15) is 17.6 Å². The van der Waals surface area contributed by atoms with Crippen molar-refractivity contribution in [2.75, 3.05) is 46.6 Å². The number of methoxy groups -OCH3 is 1. The van der Waals surface area contributed by atoms with Gasteiger partial charge in [0.15, 0.2) is 6.29 Å². The Morgan fingerprint density at radius 3 is 2.46 bits per heavy atom. The average molecular weight is 663 g/mol. The van der Waals surface area contributed by atoms with Crippen LogP contribution in [-0.2, 0) is 30.7 Å². The van der Waals surface area contributed by atoms with E-state index in [0.29, 0.717) is 37.7 Å². The largest absolute Gasteiger partial charge is 0.497 e. The Balaban J connectivity index is 1.49. The number of benzene rings is 2. The molecule has 0 aromatic heterocycles. The maximum absolute atomic E-state index is 13.8. The third-order valence-electron chi connectivity index (χ3n) is 7.93. The highest BCUT2D eigenvalue weighted by atomic mass is 32.2. The zero-order valence-corrected chi connectivity index (χ0v) is 27.8. The lowest BCUT2D eigenvalue weighted by Gasteiger charge is -2.31. The molecule has 4 rings (SSSR count). The van der Waals surface area contributed by atoms with Gasteiger partial charge in [-0.1, -0.05) is 26.0 Å². The number of nitrogens with two attached hydrogens (primary N) is 1. The molecule has 0 aliphatic carbocycles. The number of hydrogen-bond acceptors (Lipinski definition) is 11. The monoisotopic (exact) mass is 662 g/mol. The number of sulfonamides is 1. The van der Waals surface area contributed by atoms with Gasteiger partial charge in [0, 0.05) is 25.7 Å². The second kappa shape index (κ2) is 16.8. The van der Waals surface area contributed by atoms with Gasteiger partial charge in [-0.15, -0.1) is 0 Å². The summed E-state index contributed by atoms with van der Waals surface area (Å²) in [7, 11) is -3.02. The van der Waals surface area contributed by atoms with E-state index in [4.69, 9.17) is 29.4 Å². The number of carbonyl (C=O) groups is 1. The molecule has 254 valence electrons. The fourth-order valence-corrected chi connectivity index (χ4v) is 7.17. The number of nitrogens with one attached hydrogen (secondary N) is 2. The Labute approximate surface area is 272 Å². The average Bonchev–Trinajstić information content (AvgIpc) is 3.64. The molecule has 2 aliphatic heterocycles. The van der Waals surface area contributed by atoms with Crippen LogP contribution in [-0.4, -0.2) is 102 Å². The van der Waals surface area contributed by atoms with E-state index in [0.717, 1.165) is 12.0 Å². The van der Waals surface area contributed by atoms with E-state index in [-0.39, 0.29) is 42.7 Å². The summed E-state index contributed by atoms with van der Waals surface area (Å²) in [4.78, 5) is 13.3. The van der Waals surface area contributed by atoms with Crippen LogP contribution in [0.25, 0.3) is 0 Å². The normalized spacial score (nSPS) is 20.7. The molecule has 2 saturated heterocycles. The third kappa shape index (κ3) is 10.0. The number of ether oxygens (including phenoxy) is 5. The van der Waals surface area contributed by atoms with Crippen molar-refractivity contribution in [2.24, 2.45) is 17.6 Å². The molecule has 13 nitrogen and oxygen atoms in total. The lowest BCUT2D eigenvalue weighted by Crippen LogP contribution is -2.55. The molecule has 2 aromatic rings. The number of carbonyl (C=O) groups excluding carboxylic acids is 1. The van der Waals surface area contributed by atoms with Crippen LogP contribution in [0.15, 0.2) is 53.4 Å². The highest BCUT2D eigenvalue weighted by Crippen LogP contribution is 2.33. The number of fused-ring (bicyclic) bond motifs is 1. The molecule has 2 aliphatic rings. The van der Waals surface area contributed by atoms with Gasteiger partial charge in [-0.25, -0.2) is 13.2 Å². The fraction of sp³-hybridized carbons (Fsp3) is 0.581. The summed E-state index contributed by atoms with van der Waals surface area (Å²) < 4.78 is 56.8. The van der Waals surface area contributed by atoms with Crippen LogP contribution in [0.3, 0.4) is 0 Å². The zero-order valence-electron chi connectivity index (χ0n) is 27.0. The van der Waals surface area contributed by atoms with Crippen LogP contribution in [0.4, 0.5) is 4.79 Å². The quantitative estimate of drug-likeness (QED) is 0.144. The topological polar surface area (TPSA) is 171 Å². The molecule has 5 atom stereocenters. The Bertz CT molecular complexity index is 1350. The molecule has 0 spiro atoms. The molecule has 0 saturated carbocycles. The predicted octanol–water partition coefficient (Wildman–Crippen LogP) is 1.85. The molecule has 2 aromatic carbocycles. The minimum atomic E-state index is -3.92. The van der Waals surface area contributed by atoms with Gasteiger partial charge in [0.05, 0.1) is 43.8 Å². The van der Waals surface area contributed by atoms with Crippen molar-refractivity contribution in [3.8, 4) is 11.5 Å². The molecule has 15 heteroatoms. The molecular formula is C31H47BN4O9S. The smallest absolute Gasteiger partial charge is 0.407 e. The molecule has 46 heavy (non-hydrogen) atoms. The Morgan fingerprint density at radius 1 is 1.11 bits per heavy atom. The molecule has 1 amide bonds. The fourth-order valence-electron chi connectivity index (χ4n) is 5.53. The Morgan fingerprint density at radius 2 is 1.80 bits per heavy atom. The first-order chi connectivity index (χ1) is 22.0. The van der Waals surface area contributed by atoms with Crippen LogP contribution in [0, 0.1) is 11.8 Å². The summed E-state index contributed by atoms with van der Waals surface area (Å²) >= 11 is 0. The number of nitrogens with zero attached hydrogens (tertiary/aromatic N) is 1. The third-order valence-corrected chi connectivity index (χ3v) is 9.78. The summed E-state index contributed by atoms with van der Waals surface area (Å²) in [5, 5.41) is 15.1. The standard InChI is InChI=1S/C31H47BN4O9S/c1-21(2)18-36(46(39,40)25-11-9-23(41-4)10-12-25)19-27(33)28(35-31(37)45-29-20-44-30-26(29)13-15-43-30)17-22-5-7-24(8-6-22)42-16-14-34-32(3)38/h5-12,21,26-30,34,38H,13-20,33H2,1-4H3,(H,35,37)/t26-,27+,28-,29-,30+/m0/s1. The Kier molecular flexibility index (Phi) is 13.1. The number of alkyl carbamates (subject to hydrolysis) is 1. The first kappa shape index (κ1) is 35.9. The van der Waals surface area contributed by atoms with E-state index in [1.165, 1.54) is 23.5 Å². The maximum Gasteiger partial charge on any atom is 0.407 e. The van der Waals surface area contributed by atoms with Gasteiger partial charge in [-0.2, -0.15) is 4.31 Å². The molecule has 0 unspecified atom stereocenters. The molecule has 2 fully saturated rings. The van der Waals surface area contributed by atoms with E-state index in [1.54, 1.807) is 19.0 Å². The number of rotatable bonds is 17. The predicted molar refractivity (Wildman–Crippen MR) is 173 cm³/mol. The minimum absolute atomic E-state index is 0.0175. The molecular weight excluding hydrogens is 615 g/mol. The van der Waals surface area contributed by atoms with Gasteiger partial charge in [0.25, 0.3) is 0 Å². The maximum atomic E-state index is 13.8. The Hall–Kier alpha value is -2.92. The van der Waals surface area contributed by atoms with E-state index in [1.807, 2.05) is 38.1 Å². The van der Waals surface area contributed by atoms with Gasteiger partial charge in [0.2, 0.25) is 10.0 Å². The lowest BCUT2D eigenvalue weighted by molar-refractivity contribution is -0.0907. The van der Waals surface area contributed by atoms with Crippen molar-refractivity contribution in [3.05, 3.63) is 54.1 Å². The summed E-state index contributed by atoms with van der Waals surface area (Å²) in [5.74, 6) is 1.18. The summed E-state index contributed by atoms with van der Waals surface area (Å²) in [5.41, 5.74) is 7.61. The van der Waals surface area contributed by atoms with Gasteiger partial charge < -0.3 is 45.0 Å². The number of hydrogen-bond donors (Lipinski definition) is 4. The molecule has 0 radical (unpaired) electrons. The van der Waals surface area contributed by atoms with Gasteiger partial charge >= 0.3 is 13.1 Å². The van der Waals surface area contributed by atoms with Crippen molar-refractivity contribution in [3.63, 3.8) is 0 Å².